The van der Waals surface area contributed by atoms with E-state index in [-0.39, 0.29) is 42.5 Å². The van der Waals surface area contributed by atoms with Crippen LogP contribution in [0.15, 0.2) is 6.20 Å². The Morgan fingerprint density at radius 3 is 2.50 bits per heavy atom. The van der Waals surface area contributed by atoms with Gasteiger partial charge < -0.3 is 5.32 Å². The number of amides is 3. The van der Waals surface area contributed by atoms with Crippen LogP contribution in [-0.4, -0.2) is 34.2 Å². The molecule has 0 unspecified atom stereocenters. The molecule has 0 bridgehead atoms. The molecule has 0 aromatic carbocycles. The van der Waals surface area contributed by atoms with E-state index < -0.39 is 0 Å². The van der Waals surface area contributed by atoms with E-state index in [2.05, 4.69) is 10.3 Å². The number of carbonyl (C=O) groups is 3. The van der Waals surface area contributed by atoms with Crippen molar-refractivity contribution < 1.29 is 14.4 Å². The van der Waals surface area contributed by atoms with Crippen LogP contribution in [0.2, 0.25) is 0 Å². The van der Waals surface area contributed by atoms with Gasteiger partial charge in [-0.1, -0.05) is 12.8 Å². The van der Waals surface area contributed by atoms with E-state index in [1.54, 1.807) is 6.20 Å². The number of nitrogens with one attached hydrogen (secondary N) is 1. The van der Waals surface area contributed by atoms with Crippen molar-refractivity contribution >= 4 is 34.2 Å². The first kappa shape index (κ1) is 15.1. The van der Waals surface area contributed by atoms with E-state index in [1.165, 1.54) is 16.2 Å². The van der Waals surface area contributed by atoms with Gasteiger partial charge in [0.25, 0.3) is 0 Å². The Labute approximate surface area is 132 Å². The van der Waals surface area contributed by atoms with Crippen molar-refractivity contribution in [2.75, 3.05) is 11.9 Å². The van der Waals surface area contributed by atoms with Crippen LogP contribution in [0.3, 0.4) is 0 Å². The summed E-state index contributed by atoms with van der Waals surface area (Å²) in [7, 11) is 0. The van der Waals surface area contributed by atoms with Crippen LogP contribution in [0.1, 0.15) is 37.0 Å². The molecule has 22 heavy (non-hydrogen) atoms. The standard InChI is InChI=1S/C15H19N3O3S/c1-9-8-16-15(22-9)17-12(19)6-7-18-13(20)10-4-2-3-5-11(10)14(18)21/h8,10-11H,2-7H2,1H3,(H,16,17,19)/t10-,11-/m1/s1. The van der Waals surface area contributed by atoms with E-state index in [9.17, 15) is 14.4 Å². The van der Waals surface area contributed by atoms with Gasteiger partial charge in [0.1, 0.15) is 0 Å². The third kappa shape index (κ3) is 2.90. The summed E-state index contributed by atoms with van der Waals surface area (Å²) in [4.78, 5) is 42.9. The monoisotopic (exact) mass is 321 g/mol. The topological polar surface area (TPSA) is 79.4 Å². The quantitative estimate of drug-likeness (QED) is 0.860. The van der Waals surface area contributed by atoms with Crippen LogP contribution in [0.5, 0.6) is 0 Å². The number of nitrogens with zero attached hydrogens (tertiary/aromatic N) is 2. The zero-order valence-corrected chi connectivity index (χ0v) is 13.3. The molecule has 2 atom stereocenters. The van der Waals surface area contributed by atoms with Gasteiger partial charge in [0.05, 0.1) is 11.8 Å². The first-order valence-corrected chi connectivity index (χ1v) is 8.45. The number of imide groups is 1. The van der Waals surface area contributed by atoms with Gasteiger partial charge in [-0.15, -0.1) is 11.3 Å². The molecule has 6 nitrogen and oxygen atoms in total. The molecule has 1 saturated carbocycles. The van der Waals surface area contributed by atoms with Crippen LogP contribution in [0.4, 0.5) is 5.13 Å². The first-order valence-electron chi connectivity index (χ1n) is 7.64. The Morgan fingerprint density at radius 1 is 1.32 bits per heavy atom. The fourth-order valence-corrected chi connectivity index (χ4v) is 3.94. The Balaban J connectivity index is 1.55. The molecule has 1 aliphatic carbocycles. The smallest absolute Gasteiger partial charge is 0.233 e. The predicted octanol–water partition coefficient (Wildman–Crippen LogP) is 1.96. The minimum atomic E-state index is -0.218. The number of fused-ring (bicyclic) bond motifs is 1. The van der Waals surface area contributed by atoms with Gasteiger partial charge in [-0.25, -0.2) is 4.98 Å². The zero-order chi connectivity index (χ0) is 15.7. The Morgan fingerprint density at radius 2 is 1.95 bits per heavy atom. The highest BCUT2D eigenvalue weighted by atomic mass is 32.1. The lowest BCUT2D eigenvalue weighted by molar-refractivity contribution is -0.140. The fraction of sp³-hybridized carbons (Fsp3) is 0.600. The Bertz CT molecular complexity index is 589. The molecular formula is C15H19N3O3S. The maximum Gasteiger partial charge on any atom is 0.233 e. The van der Waals surface area contributed by atoms with Gasteiger partial charge in [0.15, 0.2) is 5.13 Å². The van der Waals surface area contributed by atoms with Gasteiger partial charge in [-0.05, 0) is 19.8 Å². The molecule has 7 heteroatoms. The van der Waals surface area contributed by atoms with E-state index in [4.69, 9.17) is 0 Å². The van der Waals surface area contributed by atoms with Crippen molar-refractivity contribution in [2.24, 2.45) is 11.8 Å². The van der Waals surface area contributed by atoms with Gasteiger partial charge in [-0.2, -0.15) is 0 Å². The van der Waals surface area contributed by atoms with Crippen LogP contribution in [-0.2, 0) is 14.4 Å². The number of carbonyl (C=O) groups excluding carboxylic acids is 3. The summed E-state index contributed by atoms with van der Waals surface area (Å²) < 4.78 is 0. The average Bonchev–Trinajstić information content (AvgIpc) is 3.01. The second-order valence-corrected chi connectivity index (χ2v) is 7.13. The SMILES string of the molecule is Cc1cnc(NC(=O)CCN2C(=O)[C@@H]3CCCC[C@H]3C2=O)s1. The van der Waals surface area contributed by atoms with Crippen molar-refractivity contribution in [3.05, 3.63) is 11.1 Å². The Hall–Kier alpha value is -1.76. The first-order chi connectivity index (χ1) is 10.6. The second kappa shape index (κ2) is 6.16. The fourth-order valence-electron chi connectivity index (χ4n) is 3.26. The molecule has 2 heterocycles. The number of hydrogen-bond acceptors (Lipinski definition) is 5. The van der Waals surface area contributed by atoms with Crippen LogP contribution >= 0.6 is 11.3 Å². The molecule has 1 aromatic heterocycles. The van der Waals surface area contributed by atoms with Gasteiger partial charge in [0.2, 0.25) is 17.7 Å². The number of hydrogen-bond donors (Lipinski definition) is 1. The maximum absolute atomic E-state index is 12.3. The molecule has 2 fully saturated rings. The van der Waals surface area contributed by atoms with Crippen molar-refractivity contribution in [3.8, 4) is 0 Å². The Kier molecular flexibility index (Phi) is 4.24. The predicted molar refractivity (Wildman–Crippen MR) is 82.3 cm³/mol. The van der Waals surface area contributed by atoms with Crippen molar-refractivity contribution in [3.63, 3.8) is 0 Å². The largest absolute Gasteiger partial charge is 0.302 e. The van der Waals surface area contributed by atoms with E-state index in [0.29, 0.717) is 5.13 Å². The number of aryl methyl sites for hydroxylation is 1. The van der Waals surface area contributed by atoms with Crippen LogP contribution < -0.4 is 5.32 Å². The summed E-state index contributed by atoms with van der Waals surface area (Å²) >= 11 is 1.40. The molecule has 1 aromatic rings. The molecule has 1 saturated heterocycles. The lowest BCUT2D eigenvalue weighted by Gasteiger charge is -2.19. The molecule has 1 aliphatic heterocycles. The summed E-state index contributed by atoms with van der Waals surface area (Å²) in [6.07, 6.45) is 5.44. The van der Waals surface area contributed by atoms with E-state index in [0.717, 1.165) is 30.6 Å². The molecule has 1 N–H and O–H groups in total. The van der Waals surface area contributed by atoms with Crippen molar-refractivity contribution in [1.29, 1.82) is 0 Å². The molecular weight excluding hydrogens is 302 g/mol. The lowest BCUT2D eigenvalue weighted by Crippen LogP contribution is -2.34. The number of thiazole rings is 1. The lowest BCUT2D eigenvalue weighted by atomic mass is 9.81. The summed E-state index contributed by atoms with van der Waals surface area (Å²) in [5.74, 6) is -0.693. The minimum absolute atomic E-state index is 0.0902. The van der Waals surface area contributed by atoms with E-state index in [1.807, 2.05) is 6.92 Å². The minimum Gasteiger partial charge on any atom is -0.302 e. The van der Waals surface area contributed by atoms with Crippen molar-refractivity contribution in [2.45, 2.75) is 39.0 Å². The van der Waals surface area contributed by atoms with Crippen LogP contribution in [0.25, 0.3) is 0 Å². The normalized spacial score (nSPS) is 24.5. The second-order valence-electron chi connectivity index (χ2n) is 5.90. The number of rotatable bonds is 4. The third-order valence-electron chi connectivity index (χ3n) is 4.36. The van der Waals surface area contributed by atoms with Gasteiger partial charge >= 0.3 is 0 Å². The van der Waals surface area contributed by atoms with Gasteiger partial charge in [0, 0.05) is 24.0 Å². The van der Waals surface area contributed by atoms with Gasteiger partial charge in [-0.3, -0.25) is 19.3 Å². The van der Waals surface area contributed by atoms with Crippen LogP contribution in [0, 0.1) is 18.8 Å². The summed E-state index contributed by atoms with van der Waals surface area (Å²) in [5.41, 5.74) is 0. The number of aromatic nitrogens is 1. The number of likely N-dealkylation sites (tertiary alicyclic amines) is 1. The summed E-state index contributed by atoms with van der Waals surface area (Å²) in [6.45, 7) is 2.08. The average molecular weight is 321 g/mol. The summed E-state index contributed by atoms with van der Waals surface area (Å²) in [5, 5.41) is 3.25. The molecule has 3 rings (SSSR count). The summed E-state index contributed by atoms with van der Waals surface area (Å²) in [6, 6.07) is 0. The molecule has 118 valence electrons. The zero-order valence-electron chi connectivity index (χ0n) is 12.5. The highest BCUT2D eigenvalue weighted by Crippen LogP contribution is 2.37. The highest BCUT2D eigenvalue weighted by Gasteiger charge is 2.47. The van der Waals surface area contributed by atoms with E-state index >= 15 is 0 Å². The molecule has 0 radical (unpaired) electrons. The van der Waals surface area contributed by atoms with Crippen molar-refractivity contribution in [1.82, 2.24) is 9.88 Å². The molecule has 0 spiro atoms. The highest BCUT2D eigenvalue weighted by molar-refractivity contribution is 7.15. The molecule has 3 amide bonds. The maximum atomic E-state index is 12.3. The molecule has 2 aliphatic rings. The third-order valence-corrected chi connectivity index (χ3v) is 5.19. The number of anilines is 1.